The molecule has 1 fully saturated rings. The number of aromatic nitrogens is 2. The fourth-order valence-corrected chi connectivity index (χ4v) is 2.49. The molecule has 0 N–H and O–H groups in total. The van der Waals surface area contributed by atoms with E-state index in [0.717, 1.165) is 25.7 Å². The van der Waals surface area contributed by atoms with Gasteiger partial charge in [-0.25, -0.2) is 0 Å². The SMILES string of the molecule is CCOC1(C(=O)c2ccnn2C)CCCC1. The van der Waals surface area contributed by atoms with Gasteiger partial charge in [-0.1, -0.05) is 0 Å². The molecular formula is C12H18N2O2. The maximum atomic E-state index is 12.5. The van der Waals surface area contributed by atoms with Gasteiger partial charge >= 0.3 is 0 Å². The van der Waals surface area contributed by atoms with E-state index in [0.29, 0.717) is 12.3 Å². The second-order valence-corrected chi connectivity index (χ2v) is 4.30. The van der Waals surface area contributed by atoms with Gasteiger partial charge in [-0.3, -0.25) is 9.48 Å². The third-order valence-corrected chi connectivity index (χ3v) is 3.30. The summed E-state index contributed by atoms with van der Waals surface area (Å²) < 4.78 is 7.37. The third kappa shape index (κ3) is 1.78. The van der Waals surface area contributed by atoms with Crippen LogP contribution in [0.1, 0.15) is 43.1 Å². The summed E-state index contributed by atoms with van der Waals surface area (Å²) in [7, 11) is 1.79. The molecule has 0 radical (unpaired) electrons. The van der Waals surface area contributed by atoms with Crippen LogP contribution in [-0.4, -0.2) is 27.8 Å². The topological polar surface area (TPSA) is 44.1 Å². The fraction of sp³-hybridized carbons (Fsp3) is 0.667. The maximum absolute atomic E-state index is 12.5. The van der Waals surface area contributed by atoms with Crippen molar-refractivity contribution in [3.63, 3.8) is 0 Å². The summed E-state index contributed by atoms with van der Waals surface area (Å²) in [6.45, 7) is 2.53. The second-order valence-electron chi connectivity index (χ2n) is 4.30. The number of aryl methyl sites for hydroxylation is 1. The zero-order chi connectivity index (χ0) is 11.6. The molecule has 1 heterocycles. The quantitative estimate of drug-likeness (QED) is 0.731. The number of nitrogens with zero attached hydrogens (tertiary/aromatic N) is 2. The summed E-state index contributed by atoms with van der Waals surface area (Å²) in [6.07, 6.45) is 5.48. The van der Waals surface area contributed by atoms with Gasteiger partial charge in [0.25, 0.3) is 0 Å². The molecule has 0 saturated heterocycles. The molecule has 4 heteroatoms. The Bertz CT molecular complexity index is 378. The van der Waals surface area contributed by atoms with Crippen molar-refractivity contribution in [1.82, 2.24) is 9.78 Å². The van der Waals surface area contributed by atoms with Crippen LogP contribution in [0.4, 0.5) is 0 Å². The number of carbonyl (C=O) groups is 1. The molecule has 16 heavy (non-hydrogen) atoms. The summed E-state index contributed by atoms with van der Waals surface area (Å²) in [4.78, 5) is 12.5. The van der Waals surface area contributed by atoms with Gasteiger partial charge in [0.15, 0.2) is 0 Å². The molecule has 1 aromatic rings. The van der Waals surface area contributed by atoms with Crippen LogP contribution in [0.25, 0.3) is 0 Å². The van der Waals surface area contributed by atoms with Crippen LogP contribution in [0.3, 0.4) is 0 Å². The van der Waals surface area contributed by atoms with E-state index >= 15 is 0 Å². The highest BCUT2D eigenvalue weighted by Crippen LogP contribution is 2.35. The molecule has 0 atom stereocenters. The minimum atomic E-state index is -0.581. The van der Waals surface area contributed by atoms with Crippen molar-refractivity contribution in [3.05, 3.63) is 18.0 Å². The van der Waals surface area contributed by atoms with E-state index in [1.165, 1.54) is 0 Å². The first-order valence-corrected chi connectivity index (χ1v) is 5.86. The van der Waals surface area contributed by atoms with Crippen LogP contribution in [0.5, 0.6) is 0 Å². The van der Waals surface area contributed by atoms with E-state index in [2.05, 4.69) is 5.10 Å². The standard InChI is InChI=1S/C12H18N2O2/c1-3-16-12(7-4-5-8-12)11(15)10-6-9-13-14(10)2/h6,9H,3-5,7-8H2,1-2H3. The minimum Gasteiger partial charge on any atom is -0.367 e. The Kier molecular flexibility index (Phi) is 3.10. The first kappa shape index (κ1) is 11.3. The lowest BCUT2D eigenvalue weighted by Gasteiger charge is -2.27. The Labute approximate surface area is 95.6 Å². The van der Waals surface area contributed by atoms with Crippen molar-refractivity contribution in [2.24, 2.45) is 7.05 Å². The number of ketones is 1. The Morgan fingerprint density at radius 2 is 2.25 bits per heavy atom. The van der Waals surface area contributed by atoms with Crippen molar-refractivity contribution in [2.45, 2.75) is 38.2 Å². The van der Waals surface area contributed by atoms with E-state index in [1.54, 1.807) is 24.0 Å². The van der Waals surface area contributed by atoms with Crippen LogP contribution >= 0.6 is 0 Å². The largest absolute Gasteiger partial charge is 0.367 e. The first-order chi connectivity index (χ1) is 7.69. The summed E-state index contributed by atoms with van der Waals surface area (Å²) in [6, 6.07) is 1.77. The predicted octanol–water partition coefficient (Wildman–Crippen LogP) is 1.95. The highest BCUT2D eigenvalue weighted by molar-refractivity contribution is 6.01. The number of Topliss-reactive ketones (excluding diaryl/α,β-unsaturated/α-hetero) is 1. The van der Waals surface area contributed by atoms with Crippen LogP contribution < -0.4 is 0 Å². The van der Waals surface area contributed by atoms with E-state index in [1.807, 2.05) is 6.92 Å². The minimum absolute atomic E-state index is 0.0897. The van der Waals surface area contributed by atoms with Gasteiger partial charge in [0.05, 0.1) is 0 Å². The molecule has 0 aromatic carbocycles. The molecule has 2 rings (SSSR count). The fourth-order valence-electron chi connectivity index (χ4n) is 2.49. The van der Waals surface area contributed by atoms with Crippen molar-refractivity contribution in [2.75, 3.05) is 6.61 Å². The van der Waals surface area contributed by atoms with Gasteiger partial charge in [-0.05, 0) is 38.7 Å². The summed E-state index contributed by atoms with van der Waals surface area (Å²) in [5.41, 5.74) is 0.0677. The van der Waals surface area contributed by atoms with Gasteiger partial charge in [0, 0.05) is 19.9 Å². The lowest BCUT2D eigenvalue weighted by Crippen LogP contribution is -2.39. The molecule has 0 aliphatic heterocycles. The number of rotatable bonds is 4. The summed E-state index contributed by atoms with van der Waals surface area (Å²) in [5.74, 6) is 0.0897. The predicted molar refractivity (Wildman–Crippen MR) is 60.4 cm³/mol. The zero-order valence-electron chi connectivity index (χ0n) is 9.90. The lowest BCUT2D eigenvalue weighted by atomic mass is 9.94. The van der Waals surface area contributed by atoms with E-state index in [9.17, 15) is 4.79 Å². The summed E-state index contributed by atoms with van der Waals surface area (Å²) >= 11 is 0. The average molecular weight is 222 g/mol. The van der Waals surface area contributed by atoms with Crippen molar-refractivity contribution < 1.29 is 9.53 Å². The second kappa shape index (κ2) is 4.37. The molecule has 1 aliphatic rings. The monoisotopic (exact) mass is 222 g/mol. The molecule has 0 spiro atoms. The van der Waals surface area contributed by atoms with Gasteiger partial charge in [-0.2, -0.15) is 5.10 Å². The molecule has 1 saturated carbocycles. The van der Waals surface area contributed by atoms with Crippen molar-refractivity contribution in [3.8, 4) is 0 Å². The Balaban J connectivity index is 2.27. The van der Waals surface area contributed by atoms with Crippen molar-refractivity contribution >= 4 is 5.78 Å². The average Bonchev–Trinajstić information content (AvgIpc) is 2.87. The first-order valence-electron chi connectivity index (χ1n) is 5.86. The molecule has 4 nitrogen and oxygen atoms in total. The van der Waals surface area contributed by atoms with E-state index in [-0.39, 0.29) is 5.78 Å². The van der Waals surface area contributed by atoms with E-state index < -0.39 is 5.60 Å². The van der Waals surface area contributed by atoms with Gasteiger partial charge in [0.1, 0.15) is 11.3 Å². The van der Waals surface area contributed by atoms with Crippen LogP contribution in [0, 0.1) is 0 Å². The molecule has 0 bridgehead atoms. The molecule has 0 amide bonds. The highest BCUT2D eigenvalue weighted by Gasteiger charge is 2.43. The Morgan fingerprint density at radius 1 is 1.56 bits per heavy atom. The van der Waals surface area contributed by atoms with Crippen LogP contribution in [-0.2, 0) is 11.8 Å². The molecule has 1 aromatic heterocycles. The van der Waals surface area contributed by atoms with Crippen molar-refractivity contribution in [1.29, 1.82) is 0 Å². The number of hydrogen-bond acceptors (Lipinski definition) is 3. The summed E-state index contributed by atoms with van der Waals surface area (Å²) in [5, 5.41) is 4.04. The molecule has 88 valence electrons. The van der Waals surface area contributed by atoms with Crippen LogP contribution in [0.2, 0.25) is 0 Å². The molecule has 1 aliphatic carbocycles. The van der Waals surface area contributed by atoms with E-state index in [4.69, 9.17) is 4.74 Å². The van der Waals surface area contributed by atoms with Crippen LogP contribution in [0.15, 0.2) is 12.3 Å². The molecule has 0 unspecified atom stereocenters. The third-order valence-electron chi connectivity index (χ3n) is 3.30. The molecular weight excluding hydrogens is 204 g/mol. The Morgan fingerprint density at radius 3 is 2.75 bits per heavy atom. The van der Waals surface area contributed by atoms with Gasteiger partial charge in [0.2, 0.25) is 5.78 Å². The lowest BCUT2D eigenvalue weighted by molar-refractivity contribution is -0.0170. The smallest absolute Gasteiger partial charge is 0.212 e. The normalized spacial score (nSPS) is 18.9. The number of hydrogen-bond donors (Lipinski definition) is 0. The van der Waals surface area contributed by atoms with Gasteiger partial charge in [-0.15, -0.1) is 0 Å². The zero-order valence-corrected chi connectivity index (χ0v) is 9.90. The Hall–Kier alpha value is -1.16. The van der Waals surface area contributed by atoms with Gasteiger partial charge < -0.3 is 4.74 Å². The number of carbonyl (C=O) groups excluding carboxylic acids is 1. The number of ether oxygens (including phenoxy) is 1. The maximum Gasteiger partial charge on any atom is 0.212 e. The highest BCUT2D eigenvalue weighted by atomic mass is 16.5.